The molecule has 2 heterocycles. The van der Waals surface area contributed by atoms with Crippen LogP contribution in [-0.4, -0.2) is 32.0 Å². The highest BCUT2D eigenvalue weighted by Gasteiger charge is 2.34. The summed E-state index contributed by atoms with van der Waals surface area (Å²) < 4.78 is 41.9. The van der Waals surface area contributed by atoms with Crippen LogP contribution in [0.5, 0.6) is 0 Å². The van der Waals surface area contributed by atoms with Crippen LogP contribution in [0.25, 0.3) is 0 Å². The molecule has 0 saturated heterocycles. The van der Waals surface area contributed by atoms with E-state index in [2.05, 4.69) is 31.4 Å². The summed E-state index contributed by atoms with van der Waals surface area (Å²) in [6.45, 7) is 6.67. The summed E-state index contributed by atoms with van der Waals surface area (Å²) in [4.78, 5) is 11.9. The van der Waals surface area contributed by atoms with Crippen molar-refractivity contribution in [2.75, 3.05) is 6.54 Å². The number of amides is 1. The van der Waals surface area contributed by atoms with Gasteiger partial charge in [0.25, 0.3) is 0 Å². The van der Waals surface area contributed by atoms with Crippen LogP contribution < -0.4 is 5.32 Å². The predicted molar refractivity (Wildman–Crippen MR) is 93.6 cm³/mol. The molecule has 0 unspecified atom stereocenters. The standard InChI is InChI=1S/C16H21BrF3N5O/c1-10-9-13(16(18,19)20)23-24(10)8-5-14(26)21-6-4-7-25-12(3)15(17)11(2)22-25/h9H,4-8H2,1-3H3,(H,21,26). The van der Waals surface area contributed by atoms with Crippen LogP contribution in [0.3, 0.4) is 0 Å². The summed E-state index contributed by atoms with van der Waals surface area (Å²) in [5, 5.41) is 10.7. The zero-order valence-electron chi connectivity index (χ0n) is 14.8. The van der Waals surface area contributed by atoms with E-state index in [4.69, 9.17) is 0 Å². The molecule has 2 aromatic rings. The number of carbonyl (C=O) groups is 1. The van der Waals surface area contributed by atoms with Gasteiger partial charge < -0.3 is 5.32 Å². The highest BCUT2D eigenvalue weighted by Crippen LogP contribution is 2.28. The van der Waals surface area contributed by atoms with Crippen molar-refractivity contribution in [1.82, 2.24) is 24.9 Å². The molecule has 0 aliphatic carbocycles. The van der Waals surface area contributed by atoms with Gasteiger partial charge in [0.15, 0.2) is 5.69 Å². The molecular formula is C16H21BrF3N5O. The maximum atomic E-state index is 12.6. The zero-order valence-corrected chi connectivity index (χ0v) is 16.4. The number of nitrogens with zero attached hydrogens (tertiary/aromatic N) is 4. The first-order valence-corrected chi connectivity index (χ1v) is 8.96. The van der Waals surface area contributed by atoms with E-state index >= 15 is 0 Å². The second-order valence-corrected chi connectivity index (χ2v) is 6.85. The van der Waals surface area contributed by atoms with Crippen molar-refractivity contribution >= 4 is 21.8 Å². The summed E-state index contributed by atoms with van der Waals surface area (Å²) >= 11 is 3.46. The molecule has 0 spiro atoms. The van der Waals surface area contributed by atoms with Crippen molar-refractivity contribution in [3.8, 4) is 0 Å². The number of hydrogen-bond acceptors (Lipinski definition) is 3. The molecule has 0 radical (unpaired) electrons. The largest absolute Gasteiger partial charge is 0.435 e. The number of rotatable bonds is 7. The van der Waals surface area contributed by atoms with Gasteiger partial charge in [-0.05, 0) is 49.2 Å². The Kier molecular flexibility index (Phi) is 6.48. The van der Waals surface area contributed by atoms with Crippen LogP contribution in [0.4, 0.5) is 13.2 Å². The number of aromatic nitrogens is 4. The molecule has 144 valence electrons. The average Bonchev–Trinajstić information content (AvgIpc) is 3.05. The fraction of sp³-hybridized carbons (Fsp3) is 0.562. The maximum absolute atomic E-state index is 12.6. The highest BCUT2D eigenvalue weighted by molar-refractivity contribution is 9.10. The first kappa shape index (κ1) is 20.5. The average molecular weight is 436 g/mol. The molecule has 6 nitrogen and oxygen atoms in total. The quantitative estimate of drug-likeness (QED) is 0.677. The molecule has 1 N–H and O–H groups in total. The predicted octanol–water partition coefficient (Wildman–Crippen LogP) is 3.38. The van der Waals surface area contributed by atoms with E-state index in [1.165, 1.54) is 11.6 Å². The molecule has 0 atom stereocenters. The Morgan fingerprint density at radius 3 is 2.42 bits per heavy atom. The summed E-state index contributed by atoms with van der Waals surface area (Å²) in [7, 11) is 0. The lowest BCUT2D eigenvalue weighted by atomic mass is 10.3. The van der Waals surface area contributed by atoms with Crippen molar-refractivity contribution in [2.24, 2.45) is 0 Å². The Bertz CT molecular complexity index is 782. The Morgan fingerprint density at radius 2 is 1.88 bits per heavy atom. The van der Waals surface area contributed by atoms with Gasteiger partial charge in [-0.15, -0.1) is 0 Å². The van der Waals surface area contributed by atoms with E-state index in [1.807, 2.05) is 18.5 Å². The molecule has 2 aromatic heterocycles. The Morgan fingerprint density at radius 1 is 1.19 bits per heavy atom. The number of aryl methyl sites for hydroxylation is 4. The van der Waals surface area contributed by atoms with E-state index in [9.17, 15) is 18.0 Å². The minimum absolute atomic E-state index is 0.0747. The first-order chi connectivity index (χ1) is 12.1. The summed E-state index contributed by atoms with van der Waals surface area (Å²) in [6.07, 6.45) is -3.69. The van der Waals surface area contributed by atoms with Crippen LogP contribution in [0, 0.1) is 20.8 Å². The Balaban J connectivity index is 1.74. The molecule has 10 heteroatoms. The van der Waals surface area contributed by atoms with Crippen molar-refractivity contribution in [1.29, 1.82) is 0 Å². The highest BCUT2D eigenvalue weighted by atomic mass is 79.9. The zero-order chi connectivity index (χ0) is 19.5. The minimum atomic E-state index is -4.48. The Labute approximate surface area is 157 Å². The first-order valence-electron chi connectivity index (χ1n) is 8.17. The van der Waals surface area contributed by atoms with Gasteiger partial charge in [-0.25, -0.2) is 0 Å². The van der Waals surface area contributed by atoms with Crippen LogP contribution >= 0.6 is 15.9 Å². The summed E-state index contributed by atoms with van der Waals surface area (Å²) in [5.74, 6) is -0.219. The van der Waals surface area contributed by atoms with E-state index in [1.54, 1.807) is 0 Å². The second kappa shape index (κ2) is 8.24. The molecule has 0 bridgehead atoms. The normalized spacial score (nSPS) is 11.8. The van der Waals surface area contributed by atoms with Gasteiger partial charge in [-0.2, -0.15) is 23.4 Å². The fourth-order valence-corrected chi connectivity index (χ4v) is 2.80. The SMILES string of the molecule is Cc1nn(CCCNC(=O)CCn2nc(C(F)(F)F)cc2C)c(C)c1Br. The maximum Gasteiger partial charge on any atom is 0.435 e. The molecule has 0 aliphatic rings. The van der Waals surface area contributed by atoms with Gasteiger partial charge in [-0.3, -0.25) is 14.2 Å². The van der Waals surface area contributed by atoms with Gasteiger partial charge in [0.05, 0.1) is 10.2 Å². The summed E-state index contributed by atoms with van der Waals surface area (Å²) in [6, 6.07) is 0.977. The Hall–Kier alpha value is -1.84. The van der Waals surface area contributed by atoms with E-state index in [-0.39, 0.29) is 18.9 Å². The second-order valence-electron chi connectivity index (χ2n) is 6.05. The topological polar surface area (TPSA) is 64.7 Å². The molecule has 26 heavy (non-hydrogen) atoms. The third-order valence-corrected chi connectivity index (χ3v) is 5.13. The van der Waals surface area contributed by atoms with Gasteiger partial charge in [0.1, 0.15) is 0 Å². The summed E-state index contributed by atoms with van der Waals surface area (Å²) in [5.41, 5.74) is 1.38. The number of nitrogens with one attached hydrogen (secondary N) is 1. The van der Waals surface area contributed by atoms with Crippen molar-refractivity contribution in [2.45, 2.75) is 52.9 Å². The van der Waals surface area contributed by atoms with Crippen LogP contribution in [0.1, 0.15) is 35.6 Å². The lowest BCUT2D eigenvalue weighted by molar-refractivity contribution is -0.141. The number of alkyl halides is 3. The minimum Gasteiger partial charge on any atom is -0.356 e. The number of halogens is 4. The number of hydrogen-bond donors (Lipinski definition) is 1. The molecule has 0 aromatic carbocycles. The molecular weight excluding hydrogens is 415 g/mol. The third kappa shape index (κ3) is 5.09. The van der Waals surface area contributed by atoms with Gasteiger partial charge in [0, 0.05) is 37.4 Å². The van der Waals surface area contributed by atoms with E-state index < -0.39 is 11.9 Å². The van der Waals surface area contributed by atoms with Crippen molar-refractivity contribution in [3.05, 3.63) is 33.3 Å². The molecule has 0 aliphatic heterocycles. The third-order valence-electron chi connectivity index (χ3n) is 3.98. The van der Waals surface area contributed by atoms with Crippen molar-refractivity contribution in [3.63, 3.8) is 0 Å². The molecule has 2 rings (SSSR count). The lowest BCUT2D eigenvalue weighted by Gasteiger charge is -2.08. The fourth-order valence-electron chi connectivity index (χ4n) is 2.52. The molecule has 1 amide bonds. The lowest BCUT2D eigenvalue weighted by Crippen LogP contribution is -2.26. The van der Waals surface area contributed by atoms with Crippen molar-refractivity contribution < 1.29 is 18.0 Å². The van der Waals surface area contributed by atoms with Gasteiger partial charge in [-0.1, -0.05) is 0 Å². The molecule has 0 fully saturated rings. The van der Waals surface area contributed by atoms with Gasteiger partial charge in [0.2, 0.25) is 5.91 Å². The van der Waals surface area contributed by atoms with Crippen LogP contribution in [-0.2, 0) is 24.1 Å². The van der Waals surface area contributed by atoms with Crippen LogP contribution in [0.2, 0.25) is 0 Å². The number of carbonyl (C=O) groups excluding carboxylic acids is 1. The smallest absolute Gasteiger partial charge is 0.356 e. The van der Waals surface area contributed by atoms with Crippen LogP contribution in [0.15, 0.2) is 10.5 Å². The van der Waals surface area contributed by atoms with E-state index in [0.29, 0.717) is 25.2 Å². The molecule has 0 saturated carbocycles. The van der Waals surface area contributed by atoms with Gasteiger partial charge >= 0.3 is 6.18 Å². The van der Waals surface area contributed by atoms with E-state index in [0.717, 1.165) is 21.9 Å². The monoisotopic (exact) mass is 435 g/mol.